The fourth-order valence-electron chi connectivity index (χ4n) is 0.880. The van der Waals surface area contributed by atoms with Gasteiger partial charge in [0.15, 0.2) is 10.8 Å². The quantitative estimate of drug-likeness (QED) is 0.875. The summed E-state index contributed by atoms with van der Waals surface area (Å²) < 4.78 is 59.2. The van der Waals surface area contributed by atoms with Gasteiger partial charge in [-0.05, 0) is 0 Å². The second-order valence-corrected chi connectivity index (χ2v) is 4.34. The molecule has 15 heavy (non-hydrogen) atoms. The Morgan fingerprint density at radius 2 is 2.00 bits per heavy atom. The van der Waals surface area contributed by atoms with Gasteiger partial charge in [-0.3, -0.25) is 0 Å². The second kappa shape index (κ2) is 3.95. The SMILES string of the molecule is NS(=O)(=O)c1ncc(F)c(Cl)c1C(F)F. The summed E-state index contributed by atoms with van der Waals surface area (Å²) in [6.07, 6.45) is -2.87. The first-order valence-electron chi connectivity index (χ1n) is 3.40. The van der Waals surface area contributed by atoms with Crippen molar-refractivity contribution in [2.75, 3.05) is 0 Å². The Kier molecular flexibility index (Phi) is 3.22. The van der Waals surface area contributed by atoms with Gasteiger partial charge in [0.05, 0.1) is 16.8 Å². The van der Waals surface area contributed by atoms with Gasteiger partial charge in [0, 0.05) is 0 Å². The van der Waals surface area contributed by atoms with Gasteiger partial charge in [0.25, 0.3) is 16.4 Å². The van der Waals surface area contributed by atoms with Crippen molar-refractivity contribution in [3.63, 3.8) is 0 Å². The van der Waals surface area contributed by atoms with Crippen LogP contribution in [0.2, 0.25) is 5.02 Å². The van der Waals surface area contributed by atoms with Crippen LogP contribution in [0, 0.1) is 5.82 Å². The monoisotopic (exact) mass is 260 g/mol. The molecule has 1 aromatic rings. The zero-order chi connectivity index (χ0) is 11.8. The number of aromatic nitrogens is 1. The molecule has 84 valence electrons. The molecule has 0 saturated carbocycles. The number of nitrogens with zero attached hydrogens (tertiary/aromatic N) is 1. The van der Waals surface area contributed by atoms with E-state index in [4.69, 9.17) is 11.6 Å². The summed E-state index contributed by atoms with van der Waals surface area (Å²) >= 11 is 5.18. The Bertz CT molecular complexity index is 491. The number of primary sulfonamides is 1. The van der Waals surface area contributed by atoms with Crippen LogP contribution >= 0.6 is 11.6 Å². The minimum Gasteiger partial charge on any atom is -0.240 e. The van der Waals surface area contributed by atoms with E-state index in [0.717, 1.165) is 0 Å². The lowest BCUT2D eigenvalue weighted by Crippen LogP contribution is -2.17. The summed E-state index contributed by atoms with van der Waals surface area (Å²) in [5.74, 6) is -1.24. The maximum Gasteiger partial charge on any atom is 0.268 e. The van der Waals surface area contributed by atoms with Crippen LogP contribution in [0.15, 0.2) is 11.2 Å². The molecule has 0 amide bonds. The minimum absolute atomic E-state index is 0.411. The van der Waals surface area contributed by atoms with Crippen LogP contribution in [0.25, 0.3) is 0 Å². The summed E-state index contributed by atoms with van der Waals surface area (Å²) in [5.41, 5.74) is -1.22. The van der Waals surface area contributed by atoms with E-state index in [2.05, 4.69) is 10.1 Å². The lowest BCUT2D eigenvalue weighted by Gasteiger charge is -2.07. The van der Waals surface area contributed by atoms with Gasteiger partial charge in [-0.15, -0.1) is 0 Å². The fraction of sp³-hybridized carbons (Fsp3) is 0.167. The van der Waals surface area contributed by atoms with Gasteiger partial charge in [-0.1, -0.05) is 11.6 Å². The zero-order valence-corrected chi connectivity index (χ0v) is 8.49. The van der Waals surface area contributed by atoms with Crippen LogP contribution in [-0.4, -0.2) is 13.4 Å². The highest BCUT2D eigenvalue weighted by Crippen LogP contribution is 2.32. The third-order valence-corrected chi connectivity index (χ3v) is 2.71. The Hall–Kier alpha value is -0.860. The fourth-order valence-corrected chi connectivity index (χ4v) is 1.85. The van der Waals surface area contributed by atoms with Crippen LogP contribution in [0.3, 0.4) is 0 Å². The second-order valence-electron chi connectivity index (χ2n) is 2.48. The Labute approximate surface area is 87.9 Å². The number of halogens is 4. The van der Waals surface area contributed by atoms with Crippen molar-refractivity contribution < 1.29 is 21.6 Å². The van der Waals surface area contributed by atoms with E-state index in [1.165, 1.54) is 0 Å². The predicted octanol–water partition coefficient (Wildman–Crippen LogP) is 1.46. The first-order chi connectivity index (χ1) is 6.75. The van der Waals surface area contributed by atoms with E-state index in [-0.39, 0.29) is 0 Å². The number of nitrogens with two attached hydrogens (primary N) is 1. The number of pyridine rings is 1. The van der Waals surface area contributed by atoms with Crippen molar-refractivity contribution in [2.45, 2.75) is 11.5 Å². The van der Waals surface area contributed by atoms with Crippen molar-refractivity contribution in [1.29, 1.82) is 0 Å². The highest BCUT2D eigenvalue weighted by atomic mass is 35.5. The molecule has 0 aliphatic rings. The van der Waals surface area contributed by atoms with Crippen LogP contribution in [0.4, 0.5) is 13.2 Å². The van der Waals surface area contributed by atoms with Crippen LogP contribution < -0.4 is 5.14 Å². The minimum atomic E-state index is -4.46. The van der Waals surface area contributed by atoms with Gasteiger partial charge in [-0.2, -0.15) is 0 Å². The smallest absolute Gasteiger partial charge is 0.240 e. The Morgan fingerprint density at radius 3 is 2.40 bits per heavy atom. The molecule has 0 unspecified atom stereocenters. The van der Waals surface area contributed by atoms with E-state index in [1.54, 1.807) is 0 Å². The number of sulfonamides is 1. The molecule has 2 N–H and O–H groups in total. The summed E-state index contributed by atoms with van der Waals surface area (Å²) in [5, 5.41) is 2.49. The molecular weight excluding hydrogens is 257 g/mol. The molecule has 1 heterocycles. The molecule has 0 atom stereocenters. The molecule has 1 aromatic heterocycles. The van der Waals surface area contributed by atoms with Crippen LogP contribution in [0.1, 0.15) is 12.0 Å². The van der Waals surface area contributed by atoms with Crippen molar-refractivity contribution in [2.24, 2.45) is 5.14 Å². The van der Waals surface area contributed by atoms with Gasteiger partial charge in [-0.25, -0.2) is 31.7 Å². The van der Waals surface area contributed by atoms with Gasteiger partial charge < -0.3 is 0 Å². The zero-order valence-electron chi connectivity index (χ0n) is 6.92. The standard InChI is InChI=1S/C6H4ClF3N2O2S/c7-4-2(8)1-12-6(15(11,13)14)3(4)5(9)10/h1,5H,(H2,11,13,14). The van der Waals surface area contributed by atoms with Gasteiger partial charge >= 0.3 is 0 Å². The van der Waals surface area contributed by atoms with Crippen molar-refractivity contribution >= 4 is 21.6 Å². The van der Waals surface area contributed by atoms with Crippen molar-refractivity contribution in [3.05, 3.63) is 22.6 Å². The highest BCUT2D eigenvalue weighted by molar-refractivity contribution is 7.89. The molecule has 0 fully saturated rings. The van der Waals surface area contributed by atoms with E-state index in [0.29, 0.717) is 6.20 Å². The number of alkyl halides is 2. The Morgan fingerprint density at radius 1 is 1.47 bits per heavy atom. The average Bonchev–Trinajstić information content (AvgIpc) is 2.06. The first-order valence-corrected chi connectivity index (χ1v) is 5.32. The van der Waals surface area contributed by atoms with E-state index in [1.807, 2.05) is 0 Å². The maximum atomic E-state index is 12.7. The van der Waals surface area contributed by atoms with Crippen molar-refractivity contribution in [1.82, 2.24) is 4.98 Å². The normalized spacial score (nSPS) is 12.1. The number of hydrogen-bond acceptors (Lipinski definition) is 3. The first kappa shape index (κ1) is 12.2. The van der Waals surface area contributed by atoms with E-state index in [9.17, 15) is 21.6 Å². The number of hydrogen-bond donors (Lipinski definition) is 1. The van der Waals surface area contributed by atoms with Gasteiger partial charge in [0.2, 0.25) is 0 Å². The molecule has 0 spiro atoms. The Balaban J connectivity index is 3.62. The summed E-state index contributed by atoms with van der Waals surface area (Å²) in [4.78, 5) is 2.98. The summed E-state index contributed by atoms with van der Waals surface area (Å²) in [6, 6.07) is 0. The predicted molar refractivity (Wildman–Crippen MR) is 45.5 cm³/mol. The topological polar surface area (TPSA) is 73.1 Å². The summed E-state index contributed by atoms with van der Waals surface area (Å²) in [6.45, 7) is 0. The van der Waals surface area contributed by atoms with E-state index >= 15 is 0 Å². The summed E-state index contributed by atoms with van der Waals surface area (Å²) in [7, 11) is -4.46. The van der Waals surface area contributed by atoms with E-state index < -0.39 is 37.9 Å². The largest absolute Gasteiger partial charge is 0.268 e. The number of rotatable bonds is 2. The lowest BCUT2D eigenvalue weighted by molar-refractivity contribution is 0.146. The molecule has 4 nitrogen and oxygen atoms in total. The van der Waals surface area contributed by atoms with Crippen molar-refractivity contribution in [3.8, 4) is 0 Å². The molecule has 0 saturated heterocycles. The highest BCUT2D eigenvalue weighted by Gasteiger charge is 2.27. The molecule has 0 aliphatic heterocycles. The molecule has 0 aliphatic carbocycles. The molecule has 0 radical (unpaired) electrons. The third kappa shape index (κ3) is 2.39. The third-order valence-electron chi connectivity index (χ3n) is 1.46. The molecule has 1 rings (SSSR count). The average molecular weight is 261 g/mol. The molecule has 0 bridgehead atoms. The molecule has 9 heteroatoms. The van der Waals surface area contributed by atoms with Crippen LogP contribution in [0.5, 0.6) is 0 Å². The van der Waals surface area contributed by atoms with Crippen LogP contribution in [-0.2, 0) is 10.0 Å². The maximum absolute atomic E-state index is 12.7. The lowest BCUT2D eigenvalue weighted by atomic mass is 10.3. The van der Waals surface area contributed by atoms with Gasteiger partial charge in [0.1, 0.15) is 0 Å². The molecule has 0 aromatic carbocycles. The molecular formula is C6H4ClF3N2O2S.